The number of nitrogens with zero attached hydrogens (tertiary/aromatic N) is 2. The predicted molar refractivity (Wildman–Crippen MR) is 160 cm³/mol. The molecule has 6 heteroatoms. The highest BCUT2D eigenvalue weighted by Gasteiger charge is 2.51. The van der Waals surface area contributed by atoms with E-state index in [1.807, 2.05) is 6.20 Å². The number of benzene rings is 2. The van der Waals surface area contributed by atoms with Crippen molar-refractivity contribution in [3.8, 4) is 0 Å². The van der Waals surface area contributed by atoms with Crippen LogP contribution in [0.3, 0.4) is 0 Å². The third kappa shape index (κ3) is 5.41. The molecule has 5 nitrogen and oxygen atoms in total. The molecule has 3 aromatic rings. The van der Waals surface area contributed by atoms with Gasteiger partial charge < -0.3 is 13.9 Å². The second kappa shape index (κ2) is 10.6. The third-order valence-corrected chi connectivity index (χ3v) is 14.3. The Balaban J connectivity index is 1.26. The van der Waals surface area contributed by atoms with Crippen LogP contribution >= 0.6 is 0 Å². The molecule has 0 bridgehead atoms. The van der Waals surface area contributed by atoms with Crippen LogP contribution in [0.25, 0.3) is 0 Å². The maximum atomic E-state index is 7.24. The van der Waals surface area contributed by atoms with E-state index in [1.54, 1.807) is 0 Å². The van der Waals surface area contributed by atoms with Crippen LogP contribution in [0.5, 0.6) is 0 Å². The lowest BCUT2D eigenvalue weighted by Gasteiger charge is -2.44. The summed E-state index contributed by atoms with van der Waals surface area (Å²) in [7, 11) is -2.50. The Labute approximate surface area is 236 Å². The second-order valence-electron chi connectivity index (χ2n) is 13.5. The van der Waals surface area contributed by atoms with Crippen molar-refractivity contribution in [3.05, 3.63) is 78.6 Å². The van der Waals surface area contributed by atoms with Crippen LogP contribution in [0, 0.1) is 5.92 Å². The molecule has 1 aliphatic heterocycles. The van der Waals surface area contributed by atoms with E-state index in [0.717, 1.165) is 37.9 Å². The maximum absolute atomic E-state index is 7.24. The summed E-state index contributed by atoms with van der Waals surface area (Å²) in [4.78, 5) is 0. The molecule has 2 aliphatic rings. The lowest BCUT2D eigenvalue weighted by molar-refractivity contribution is -0.0896. The maximum Gasteiger partial charge on any atom is 0.261 e. The fraction of sp³-hybridized carbons (Fsp3) is 0.545. The summed E-state index contributed by atoms with van der Waals surface area (Å²) in [5.41, 5.74) is 0.317. The first-order valence-electron chi connectivity index (χ1n) is 14.6. The Kier molecular flexibility index (Phi) is 7.70. The lowest BCUT2D eigenvalue weighted by atomic mass is 9.87. The smallest absolute Gasteiger partial charge is 0.261 e. The number of aromatic nitrogens is 2. The minimum absolute atomic E-state index is 0.00584. The van der Waals surface area contributed by atoms with Gasteiger partial charge in [-0.05, 0) is 74.7 Å². The molecule has 5 rings (SSSR count). The molecule has 0 N–H and O–H groups in total. The topological polar surface area (TPSA) is 45.5 Å². The predicted octanol–water partition coefficient (Wildman–Crippen LogP) is 6.79. The van der Waals surface area contributed by atoms with Crippen molar-refractivity contribution in [2.75, 3.05) is 6.61 Å². The van der Waals surface area contributed by atoms with Crippen LogP contribution in [-0.4, -0.2) is 35.9 Å². The molecule has 2 heterocycles. The monoisotopic (exact) mass is 546 g/mol. The molecule has 0 atom stereocenters. The van der Waals surface area contributed by atoms with Gasteiger partial charge in [0, 0.05) is 18.4 Å². The van der Waals surface area contributed by atoms with Gasteiger partial charge >= 0.3 is 0 Å². The van der Waals surface area contributed by atoms with Gasteiger partial charge in [-0.15, -0.1) is 0 Å². The Hall–Kier alpha value is -2.25. The molecule has 1 saturated heterocycles. The van der Waals surface area contributed by atoms with Crippen molar-refractivity contribution < 1.29 is 13.9 Å². The van der Waals surface area contributed by atoms with Gasteiger partial charge in [0.05, 0.1) is 23.4 Å². The van der Waals surface area contributed by atoms with Crippen molar-refractivity contribution in [2.24, 2.45) is 5.92 Å². The highest BCUT2D eigenvalue weighted by molar-refractivity contribution is 6.99. The quantitative estimate of drug-likeness (QED) is 0.306. The summed E-state index contributed by atoms with van der Waals surface area (Å²) in [6.45, 7) is 16.2. The van der Waals surface area contributed by atoms with Crippen LogP contribution in [0.1, 0.15) is 92.0 Å². The first-order chi connectivity index (χ1) is 18.4. The summed E-state index contributed by atoms with van der Waals surface area (Å²) in [6.07, 6.45) is 8.20. The van der Waals surface area contributed by atoms with Crippen LogP contribution in [-0.2, 0) is 13.9 Å². The minimum atomic E-state index is -2.50. The first-order valence-corrected chi connectivity index (χ1v) is 16.5. The second-order valence-corrected chi connectivity index (χ2v) is 17.8. The van der Waals surface area contributed by atoms with E-state index in [4.69, 9.17) is 19.0 Å². The summed E-state index contributed by atoms with van der Waals surface area (Å²) in [6, 6.07) is 22.3. The fourth-order valence-corrected chi connectivity index (χ4v) is 10.9. The summed E-state index contributed by atoms with van der Waals surface area (Å²) >= 11 is 0. The normalized spacial score (nSPS) is 23.7. The summed E-state index contributed by atoms with van der Waals surface area (Å²) in [5, 5.41) is 7.44. The average Bonchev–Trinajstić information content (AvgIpc) is 3.47. The van der Waals surface area contributed by atoms with Gasteiger partial charge in [0.1, 0.15) is 0 Å². The largest absolute Gasteiger partial charge is 0.407 e. The van der Waals surface area contributed by atoms with E-state index in [1.165, 1.54) is 10.4 Å². The van der Waals surface area contributed by atoms with E-state index >= 15 is 0 Å². The first kappa shape index (κ1) is 28.3. The van der Waals surface area contributed by atoms with Crippen molar-refractivity contribution in [2.45, 2.75) is 103 Å². The number of hydrogen-bond donors (Lipinski definition) is 0. The highest BCUT2D eigenvalue weighted by atomic mass is 28.4. The molecule has 210 valence electrons. The average molecular weight is 547 g/mol. The van der Waals surface area contributed by atoms with Crippen LogP contribution in [0.2, 0.25) is 5.04 Å². The number of rotatable bonds is 7. The molecule has 0 radical (unpaired) electrons. The summed E-state index contributed by atoms with van der Waals surface area (Å²) in [5.74, 6) is 0.557. The van der Waals surface area contributed by atoms with E-state index in [9.17, 15) is 0 Å². The molecule has 39 heavy (non-hydrogen) atoms. The minimum Gasteiger partial charge on any atom is -0.407 e. The van der Waals surface area contributed by atoms with E-state index in [-0.39, 0.29) is 22.5 Å². The Morgan fingerprint density at radius 3 is 1.85 bits per heavy atom. The third-order valence-electron chi connectivity index (χ3n) is 9.29. The molecule has 1 aliphatic carbocycles. The zero-order valence-electron chi connectivity index (χ0n) is 24.8. The lowest BCUT2D eigenvalue weighted by Crippen LogP contribution is -2.66. The van der Waals surface area contributed by atoms with Gasteiger partial charge in [0.15, 0.2) is 6.29 Å². The van der Waals surface area contributed by atoms with Crippen LogP contribution < -0.4 is 10.4 Å². The molecule has 1 aromatic heterocycles. The van der Waals surface area contributed by atoms with Gasteiger partial charge in [0.2, 0.25) is 0 Å². The van der Waals surface area contributed by atoms with Gasteiger partial charge in [-0.3, -0.25) is 4.68 Å². The molecular weight excluding hydrogens is 500 g/mol. The molecule has 1 saturated carbocycles. The number of hydrogen-bond acceptors (Lipinski definition) is 4. The fourth-order valence-electron chi connectivity index (χ4n) is 6.23. The van der Waals surface area contributed by atoms with Crippen molar-refractivity contribution in [1.82, 2.24) is 9.78 Å². The molecule has 0 spiro atoms. The van der Waals surface area contributed by atoms with Gasteiger partial charge in [-0.2, -0.15) is 5.10 Å². The molecule has 0 amide bonds. The van der Waals surface area contributed by atoms with Gasteiger partial charge in [0.25, 0.3) is 8.32 Å². The summed E-state index contributed by atoms with van der Waals surface area (Å²) < 4.78 is 21.9. The van der Waals surface area contributed by atoms with Crippen molar-refractivity contribution in [3.63, 3.8) is 0 Å². The molecular formula is C33H46N2O3Si. The zero-order chi connectivity index (χ0) is 27.9. The van der Waals surface area contributed by atoms with E-state index in [0.29, 0.717) is 12.0 Å². The van der Waals surface area contributed by atoms with Crippen LogP contribution in [0.4, 0.5) is 0 Å². The van der Waals surface area contributed by atoms with E-state index < -0.39 is 8.32 Å². The van der Waals surface area contributed by atoms with E-state index in [2.05, 4.69) is 120 Å². The number of ether oxygens (including phenoxy) is 2. The van der Waals surface area contributed by atoms with Crippen LogP contribution in [0.15, 0.2) is 73.1 Å². The standard InChI is InChI=1S/C33H46N2O3Si/c1-31(2,3)39(28-14-10-8-11-15-28,29-16-12-9-13-17-29)36-24-25-18-20-27(21-19-25)35-23-26(22-34-35)30-37-32(4,5)33(6,7)38-30/h8-17,22-23,25,27,30H,18-21,24H2,1-7H3. The Bertz CT molecular complexity index is 1170. The Morgan fingerprint density at radius 2 is 1.36 bits per heavy atom. The molecule has 2 fully saturated rings. The zero-order valence-corrected chi connectivity index (χ0v) is 25.8. The highest BCUT2D eigenvalue weighted by Crippen LogP contribution is 2.45. The van der Waals surface area contributed by atoms with Gasteiger partial charge in [-0.25, -0.2) is 0 Å². The van der Waals surface area contributed by atoms with Crippen molar-refractivity contribution >= 4 is 18.7 Å². The SMILES string of the molecule is CC1(C)OC(c2cnn(C3CCC(CO[Si](c4ccccc4)(c4ccccc4)C(C)(C)C)CC3)c2)OC1(C)C. The van der Waals surface area contributed by atoms with Crippen molar-refractivity contribution in [1.29, 1.82) is 0 Å². The molecule has 2 aromatic carbocycles. The molecule has 0 unspecified atom stereocenters. The van der Waals surface area contributed by atoms with Gasteiger partial charge in [-0.1, -0.05) is 81.4 Å². The Morgan fingerprint density at radius 1 is 0.846 bits per heavy atom.